The minimum Gasteiger partial charge on any atom is -0.406 e. The lowest BCUT2D eigenvalue weighted by Crippen LogP contribution is -2.32. The molecule has 0 bridgehead atoms. The molecule has 0 atom stereocenters. The zero-order chi connectivity index (χ0) is 21.3. The van der Waals surface area contributed by atoms with E-state index in [2.05, 4.69) is 9.72 Å². The Labute approximate surface area is 173 Å². The number of aliphatic hydroxyl groups is 1. The molecule has 3 rings (SSSR count). The number of ether oxygens (including phenoxy) is 1. The lowest BCUT2D eigenvalue weighted by Gasteiger charge is -2.22. The molecule has 2 N–H and O–H groups in total. The number of aromatic amines is 1. The Morgan fingerprint density at radius 3 is 2.48 bits per heavy atom. The topological polar surface area (TPSA) is 65.6 Å². The zero-order valence-electron chi connectivity index (χ0n) is 14.9. The number of halogens is 4. The van der Waals surface area contributed by atoms with Crippen LogP contribution in [0.15, 0.2) is 47.3 Å². The third-order valence-corrected chi connectivity index (χ3v) is 4.93. The highest BCUT2D eigenvalue weighted by Crippen LogP contribution is 2.27. The SMILES string of the molecule is CN(C(=S)c1c(CO)c2cc(Cl)ccc2[nH]c1=O)c1ccc(OC(F)(F)F)cc1. The monoisotopic (exact) mass is 442 g/mol. The van der Waals surface area contributed by atoms with Gasteiger partial charge in [-0.25, -0.2) is 0 Å². The van der Waals surface area contributed by atoms with Crippen LogP contribution in [0.25, 0.3) is 10.9 Å². The second-order valence-electron chi connectivity index (χ2n) is 6.06. The molecular weight excluding hydrogens is 429 g/mol. The van der Waals surface area contributed by atoms with Crippen molar-refractivity contribution in [1.82, 2.24) is 4.98 Å². The first kappa shape index (κ1) is 21.1. The van der Waals surface area contributed by atoms with Crippen LogP contribution < -0.4 is 15.2 Å². The van der Waals surface area contributed by atoms with Crippen molar-refractivity contribution in [2.24, 2.45) is 0 Å². The summed E-state index contributed by atoms with van der Waals surface area (Å²) in [4.78, 5) is 16.9. The van der Waals surface area contributed by atoms with Crippen LogP contribution in [0.5, 0.6) is 5.75 Å². The zero-order valence-corrected chi connectivity index (χ0v) is 16.5. The van der Waals surface area contributed by atoms with Crippen molar-refractivity contribution >= 4 is 45.4 Å². The standard InChI is InChI=1S/C19H14ClF3N2O3S/c1-25(11-3-5-12(6-4-11)28-19(21,22)23)18(29)16-14(9-26)13-8-10(20)2-7-15(13)24-17(16)27/h2-8,26H,9H2,1H3,(H,24,27). The lowest BCUT2D eigenvalue weighted by atomic mass is 10.0. The van der Waals surface area contributed by atoms with Crippen LogP contribution >= 0.6 is 23.8 Å². The Morgan fingerprint density at radius 2 is 1.90 bits per heavy atom. The number of thiocarbonyl (C=S) groups is 1. The summed E-state index contributed by atoms with van der Waals surface area (Å²) in [6.07, 6.45) is -4.79. The highest BCUT2D eigenvalue weighted by Gasteiger charge is 2.31. The number of fused-ring (bicyclic) bond motifs is 1. The number of pyridine rings is 1. The smallest absolute Gasteiger partial charge is 0.406 e. The summed E-state index contributed by atoms with van der Waals surface area (Å²) >= 11 is 11.5. The van der Waals surface area contributed by atoms with Crippen molar-refractivity contribution in [3.05, 3.63) is 69.0 Å². The van der Waals surface area contributed by atoms with Crippen molar-refractivity contribution in [2.45, 2.75) is 13.0 Å². The van der Waals surface area contributed by atoms with Crippen LogP contribution in [0.3, 0.4) is 0 Å². The first-order valence-corrected chi connectivity index (χ1v) is 8.98. The van der Waals surface area contributed by atoms with E-state index < -0.39 is 18.5 Å². The quantitative estimate of drug-likeness (QED) is 0.587. The van der Waals surface area contributed by atoms with Crippen molar-refractivity contribution in [1.29, 1.82) is 0 Å². The molecule has 3 aromatic rings. The molecule has 10 heteroatoms. The molecule has 5 nitrogen and oxygen atoms in total. The van der Waals surface area contributed by atoms with Gasteiger partial charge in [-0.05, 0) is 42.5 Å². The number of aromatic nitrogens is 1. The molecule has 0 unspecified atom stereocenters. The molecular formula is C19H14ClF3N2O3S. The van der Waals surface area contributed by atoms with Gasteiger partial charge in [0, 0.05) is 34.2 Å². The third kappa shape index (κ3) is 4.52. The van der Waals surface area contributed by atoms with E-state index >= 15 is 0 Å². The summed E-state index contributed by atoms with van der Waals surface area (Å²) in [5.74, 6) is -0.380. The van der Waals surface area contributed by atoms with Gasteiger partial charge < -0.3 is 19.7 Å². The third-order valence-electron chi connectivity index (χ3n) is 4.22. The maximum Gasteiger partial charge on any atom is 0.573 e. The minimum absolute atomic E-state index is 0.0791. The first-order valence-electron chi connectivity index (χ1n) is 8.20. The molecule has 29 heavy (non-hydrogen) atoms. The van der Waals surface area contributed by atoms with Crippen molar-refractivity contribution in [3.8, 4) is 5.75 Å². The number of nitrogens with one attached hydrogen (secondary N) is 1. The van der Waals surface area contributed by atoms with Gasteiger partial charge in [0.05, 0.1) is 12.2 Å². The van der Waals surface area contributed by atoms with E-state index in [0.717, 1.165) is 12.1 Å². The average molecular weight is 443 g/mol. The van der Waals surface area contributed by atoms with E-state index in [-0.39, 0.29) is 16.3 Å². The van der Waals surface area contributed by atoms with Gasteiger partial charge in [0.1, 0.15) is 10.7 Å². The fourth-order valence-electron chi connectivity index (χ4n) is 2.88. The van der Waals surface area contributed by atoms with Crippen LogP contribution in [0.2, 0.25) is 5.02 Å². The maximum atomic E-state index is 12.6. The van der Waals surface area contributed by atoms with Gasteiger partial charge in [0.2, 0.25) is 0 Å². The summed E-state index contributed by atoms with van der Waals surface area (Å²) in [5, 5.41) is 10.8. The van der Waals surface area contributed by atoms with Crippen molar-refractivity contribution < 1.29 is 23.0 Å². The van der Waals surface area contributed by atoms with Gasteiger partial charge in [-0.2, -0.15) is 0 Å². The Bertz CT molecular complexity index is 1130. The number of aliphatic hydroxyl groups excluding tert-OH is 1. The van der Waals surface area contributed by atoms with Crippen molar-refractivity contribution in [2.75, 3.05) is 11.9 Å². The summed E-state index contributed by atoms with van der Waals surface area (Å²) < 4.78 is 40.8. The van der Waals surface area contributed by atoms with E-state index in [9.17, 15) is 23.1 Å². The van der Waals surface area contributed by atoms with E-state index in [4.69, 9.17) is 23.8 Å². The molecule has 0 saturated heterocycles. The molecule has 2 aromatic carbocycles. The fraction of sp³-hybridized carbons (Fsp3) is 0.158. The number of nitrogens with zero attached hydrogens (tertiary/aromatic N) is 1. The van der Waals surface area contributed by atoms with E-state index in [1.165, 1.54) is 17.0 Å². The summed E-state index contributed by atoms with van der Waals surface area (Å²) in [5.41, 5.74) is 0.804. The van der Waals surface area contributed by atoms with Crippen LogP contribution in [0.1, 0.15) is 11.1 Å². The Hall–Kier alpha value is -2.62. The molecule has 0 spiro atoms. The Kier molecular flexibility index (Phi) is 5.83. The van der Waals surface area contributed by atoms with Gasteiger partial charge in [0.15, 0.2) is 0 Å². The van der Waals surface area contributed by atoms with Gasteiger partial charge in [-0.15, -0.1) is 13.2 Å². The molecule has 0 aliphatic rings. The predicted octanol–water partition coefficient (Wildman–Crippen LogP) is 4.38. The largest absolute Gasteiger partial charge is 0.573 e. The number of H-pyrrole nitrogens is 1. The second kappa shape index (κ2) is 8.02. The van der Waals surface area contributed by atoms with E-state index in [0.29, 0.717) is 27.2 Å². The van der Waals surface area contributed by atoms with E-state index in [1.54, 1.807) is 25.2 Å². The predicted molar refractivity (Wildman–Crippen MR) is 109 cm³/mol. The molecule has 0 fully saturated rings. The summed E-state index contributed by atoms with van der Waals surface area (Å²) in [6, 6.07) is 9.85. The fourth-order valence-corrected chi connectivity index (χ4v) is 3.37. The number of anilines is 1. The lowest BCUT2D eigenvalue weighted by molar-refractivity contribution is -0.274. The molecule has 0 radical (unpaired) electrons. The van der Waals surface area contributed by atoms with Crippen LogP contribution in [-0.2, 0) is 6.61 Å². The number of alkyl halides is 3. The molecule has 1 heterocycles. The average Bonchev–Trinajstić information content (AvgIpc) is 2.65. The number of benzene rings is 2. The van der Waals surface area contributed by atoms with Gasteiger partial charge in [-0.1, -0.05) is 23.8 Å². The molecule has 0 amide bonds. The number of hydrogen-bond donors (Lipinski definition) is 2. The molecule has 152 valence electrons. The van der Waals surface area contributed by atoms with Crippen LogP contribution in [0.4, 0.5) is 18.9 Å². The van der Waals surface area contributed by atoms with Gasteiger partial charge in [0.25, 0.3) is 5.56 Å². The highest BCUT2D eigenvalue weighted by molar-refractivity contribution is 7.81. The summed E-state index contributed by atoms with van der Waals surface area (Å²) in [6.45, 7) is -0.456. The van der Waals surface area contributed by atoms with Gasteiger partial charge >= 0.3 is 6.36 Å². The Morgan fingerprint density at radius 1 is 1.24 bits per heavy atom. The molecule has 1 aromatic heterocycles. The first-order chi connectivity index (χ1) is 13.6. The van der Waals surface area contributed by atoms with Crippen LogP contribution in [0, 0.1) is 0 Å². The molecule has 0 aliphatic carbocycles. The van der Waals surface area contributed by atoms with Crippen LogP contribution in [-0.4, -0.2) is 28.5 Å². The Balaban J connectivity index is 2.00. The highest BCUT2D eigenvalue weighted by atomic mass is 35.5. The normalized spacial score (nSPS) is 11.5. The minimum atomic E-state index is -4.79. The maximum absolute atomic E-state index is 12.6. The second-order valence-corrected chi connectivity index (χ2v) is 6.88. The number of rotatable bonds is 4. The van der Waals surface area contributed by atoms with Crippen molar-refractivity contribution in [3.63, 3.8) is 0 Å². The summed E-state index contributed by atoms with van der Waals surface area (Å²) in [7, 11) is 1.56. The number of hydrogen-bond acceptors (Lipinski definition) is 4. The molecule has 0 aliphatic heterocycles. The van der Waals surface area contributed by atoms with Gasteiger partial charge in [-0.3, -0.25) is 4.79 Å². The van der Waals surface area contributed by atoms with E-state index in [1.807, 2.05) is 0 Å². The molecule has 0 saturated carbocycles.